The Balaban J connectivity index is 0.000000176. The molecule has 0 unspecified atom stereocenters. The van der Waals surface area contributed by atoms with Gasteiger partial charge in [0.2, 0.25) is 0 Å². The molecule has 8 nitrogen and oxygen atoms in total. The van der Waals surface area contributed by atoms with E-state index in [0.717, 1.165) is 25.7 Å². The third-order valence-corrected chi connectivity index (χ3v) is 6.13. The van der Waals surface area contributed by atoms with E-state index in [9.17, 15) is 9.59 Å². The fourth-order valence-electron chi connectivity index (χ4n) is 4.54. The van der Waals surface area contributed by atoms with Gasteiger partial charge in [-0.05, 0) is 44.7 Å². The van der Waals surface area contributed by atoms with Crippen molar-refractivity contribution in [3.05, 3.63) is 35.9 Å². The third kappa shape index (κ3) is 5.95. The van der Waals surface area contributed by atoms with Gasteiger partial charge in [-0.15, -0.1) is 0 Å². The van der Waals surface area contributed by atoms with Gasteiger partial charge in [0.25, 0.3) is 5.91 Å². The SMILES string of the molecule is CCOC(=O)c1ccnn1C1CCCCC1.CNC(=O)c1ccnn1C1CCCCC1. The number of hydrogen-bond acceptors (Lipinski definition) is 5. The van der Waals surface area contributed by atoms with Crippen LogP contribution < -0.4 is 5.32 Å². The molecule has 2 aromatic rings. The molecule has 2 fully saturated rings. The summed E-state index contributed by atoms with van der Waals surface area (Å²) in [5, 5.41) is 11.2. The number of amides is 1. The largest absolute Gasteiger partial charge is 0.461 e. The van der Waals surface area contributed by atoms with E-state index in [1.807, 2.05) is 16.3 Å². The van der Waals surface area contributed by atoms with Crippen molar-refractivity contribution < 1.29 is 14.3 Å². The minimum Gasteiger partial charge on any atom is -0.461 e. The van der Waals surface area contributed by atoms with Crippen LogP contribution in [-0.2, 0) is 4.74 Å². The summed E-state index contributed by atoms with van der Waals surface area (Å²) in [6.07, 6.45) is 15.5. The zero-order valence-corrected chi connectivity index (χ0v) is 18.8. The fourth-order valence-corrected chi connectivity index (χ4v) is 4.54. The van der Waals surface area contributed by atoms with Crippen molar-refractivity contribution in [3.8, 4) is 0 Å². The van der Waals surface area contributed by atoms with Crippen molar-refractivity contribution in [1.29, 1.82) is 0 Å². The highest BCUT2D eigenvalue weighted by molar-refractivity contribution is 5.92. The first-order valence-corrected chi connectivity index (χ1v) is 11.6. The van der Waals surface area contributed by atoms with Crippen LogP contribution in [0.5, 0.6) is 0 Å². The summed E-state index contributed by atoms with van der Waals surface area (Å²) in [6, 6.07) is 4.32. The smallest absolute Gasteiger partial charge is 0.356 e. The molecule has 2 aromatic heterocycles. The zero-order valence-electron chi connectivity index (χ0n) is 18.8. The Morgan fingerprint density at radius 3 is 1.87 bits per heavy atom. The van der Waals surface area contributed by atoms with E-state index in [-0.39, 0.29) is 11.9 Å². The summed E-state index contributed by atoms with van der Waals surface area (Å²) in [5.41, 5.74) is 1.28. The second-order valence-electron chi connectivity index (χ2n) is 8.21. The number of nitrogens with one attached hydrogen (secondary N) is 1. The first kappa shape index (κ1) is 23.0. The molecule has 1 amide bonds. The van der Waals surface area contributed by atoms with Gasteiger partial charge < -0.3 is 10.1 Å². The summed E-state index contributed by atoms with van der Waals surface area (Å²) < 4.78 is 8.75. The van der Waals surface area contributed by atoms with Crippen LogP contribution in [0.25, 0.3) is 0 Å². The Morgan fingerprint density at radius 1 is 0.903 bits per heavy atom. The van der Waals surface area contributed by atoms with Crippen LogP contribution in [0.15, 0.2) is 24.5 Å². The van der Waals surface area contributed by atoms with Crippen LogP contribution in [0.1, 0.15) is 104 Å². The highest BCUT2D eigenvalue weighted by atomic mass is 16.5. The van der Waals surface area contributed by atoms with E-state index < -0.39 is 0 Å². The van der Waals surface area contributed by atoms with Gasteiger partial charge in [0.15, 0.2) is 0 Å². The summed E-state index contributed by atoms with van der Waals surface area (Å²) >= 11 is 0. The van der Waals surface area contributed by atoms with Crippen LogP contribution in [0.4, 0.5) is 0 Å². The Hall–Kier alpha value is -2.64. The van der Waals surface area contributed by atoms with Gasteiger partial charge in [0.05, 0.1) is 18.7 Å². The lowest BCUT2D eigenvalue weighted by molar-refractivity contribution is 0.0506. The molecule has 1 N–H and O–H groups in total. The van der Waals surface area contributed by atoms with Gasteiger partial charge in [0, 0.05) is 19.4 Å². The first-order valence-electron chi connectivity index (χ1n) is 11.6. The average molecular weight is 430 g/mol. The van der Waals surface area contributed by atoms with E-state index in [1.54, 1.807) is 31.6 Å². The molecular formula is C23H35N5O3. The van der Waals surface area contributed by atoms with Crippen molar-refractivity contribution >= 4 is 11.9 Å². The number of nitrogens with zero attached hydrogens (tertiary/aromatic N) is 4. The van der Waals surface area contributed by atoms with Gasteiger partial charge in [-0.3, -0.25) is 14.2 Å². The number of carbonyl (C=O) groups excluding carboxylic acids is 2. The molecular weight excluding hydrogens is 394 g/mol. The molecule has 31 heavy (non-hydrogen) atoms. The Bertz CT molecular complexity index is 832. The second-order valence-corrected chi connectivity index (χ2v) is 8.21. The minimum atomic E-state index is -0.259. The number of carbonyl (C=O) groups is 2. The molecule has 2 heterocycles. The molecule has 0 aromatic carbocycles. The van der Waals surface area contributed by atoms with Crippen molar-refractivity contribution in [2.75, 3.05) is 13.7 Å². The lowest BCUT2D eigenvalue weighted by Crippen LogP contribution is -2.25. The first-order chi connectivity index (χ1) is 15.2. The van der Waals surface area contributed by atoms with Crippen molar-refractivity contribution in [3.63, 3.8) is 0 Å². The van der Waals surface area contributed by atoms with Crippen molar-refractivity contribution in [2.45, 2.75) is 83.2 Å². The predicted molar refractivity (Wildman–Crippen MR) is 118 cm³/mol. The zero-order chi connectivity index (χ0) is 22.1. The molecule has 0 spiro atoms. The molecule has 2 aliphatic rings. The monoisotopic (exact) mass is 429 g/mol. The molecule has 170 valence electrons. The normalized spacial score (nSPS) is 17.5. The minimum absolute atomic E-state index is 0.0435. The molecule has 8 heteroatoms. The highest BCUT2D eigenvalue weighted by Crippen LogP contribution is 2.29. The topological polar surface area (TPSA) is 91.0 Å². The summed E-state index contributed by atoms with van der Waals surface area (Å²) in [4.78, 5) is 23.3. The van der Waals surface area contributed by atoms with Crippen LogP contribution in [0, 0.1) is 0 Å². The fraction of sp³-hybridized carbons (Fsp3) is 0.652. The maximum absolute atomic E-state index is 11.7. The average Bonchev–Trinajstić information content (AvgIpc) is 3.50. The molecule has 0 saturated heterocycles. The van der Waals surface area contributed by atoms with E-state index in [2.05, 4.69) is 15.5 Å². The summed E-state index contributed by atoms with van der Waals surface area (Å²) in [6.45, 7) is 2.23. The quantitative estimate of drug-likeness (QED) is 0.715. The van der Waals surface area contributed by atoms with E-state index in [1.165, 1.54) is 38.5 Å². The van der Waals surface area contributed by atoms with Gasteiger partial charge in [-0.2, -0.15) is 10.2 Å². The number of rotatable bonds is 5. The second kappa shape index (κ2) is 11.7. The Kier molecular flexibility index (Phi) is 8.67. The van der Waals surface area contributed by atoms with Crippen molar-refractivity contribution in [1.82, 2.24) is 24.9 Å². The highest BCUT2D eigenvalue weighted by Gasteiger charge is 2.22. The van der Waals surface area contributed by atoms with Gasteiger partial charge >= 0.3 is 5.97 Å². The standard InChI is InChI=1S/C12H18N2O2.C11H17N3O/c1-2-16-12(15)11-8-9-13-14(11)10-6-4-3-5-7-10;1-12-11(15)10-7-8-13-14(10)9-5-3-2-4-6-9/h8-10H,2-7H2,1H3;7-9H,2-6H2,1H3,(H,12,15). The lowest BCUT2D eigenvalue weighted by Gasteiger charge is -2.23. The molecule has 0 atom stereocenters. The lowest BCUT2D eigenvalue weighted by atomic mass is 9.95. The Morgan fingerprint density at radius 2 is 1.39 bits per heavy atom. The maximum Gasteiger partial charge on any atom is 0.356 e. The number of ether oxygens (including phenoxy) is 1. The van der Waals surface area contributed by atoms with Crippen LogP contribution >= 0.6 is 0 Å². The van der Waals surface area contributed by atoms with Crippen LogP contribution in [0.3, 0.4) is 0 Å². The summed E-state index contributed by atoms with van der Waals surface area (Å²) in [7, 11) is 1.65. The van der Waals surface area contributed by atoms with E-state index >= 15 is 0 Å². The number of esters is 1. The maximum atomic E-state index is 11.7. The predicted octanol–water partition coefficient (Wildman–Crippen LogP) is 4.31. The number of hydrogen-bond donors (Lipinski definition) is 1. The van der Waals surface area contributed by atoms with Gasteiger partial charge in [-0.1, -0.05) is 38.5 Å². The molecule has 0 radical (unpaired) electrons. The van der Waals surface area contributed by atoms with Crippen molar-refractivity contribution in [2.24, 2.45) is 0 Å². The molecule has 2 saturated carbocycles. The van der Waals surface area contributed by atoms with E-state index in [0.29, 0.717) is 30.1 Å². The third-order valence-electron chi connectivity index (χ3n) is 6.13. The van der Waals surface area contributed by atoms with Gasteiger partial charge in [-0.25, -0.2) is 4.79 Å². The summed E-state index contributed by atoms with van der Waals surface area (Å²) in [5.74, 6) is -0.302. The van der Waals surface area contributed by atoms with Crippen LogP contribution in [-0.4, -0.2) is 45.1 Å². The number of aromatic nitrogens is 4. The van der Waals surface area contributed by atoms with E-state index in [4.69, 9.17) is 4.74 Å². The Labute approximate surface area is 184 Å². The molecule has 0 bridgehead atoms. The molecule has 2 aliphatic carbocycles. The molecule has 4 rings (SSSR count). The van der Waals surface area contributed by atoms with Crippen LogP contribution in [0.2, 0.25) is 0 Å². The van der Waals surface area contributed by atoms with Gasteiger partial charge in [0.1, 0.15) is 11.4 Å². The molecule has 0 aliphatic heterocycles.